The van der Waals surface area contributed by atoms with Gasteiger partial charge in [0.25, 0.3) is 0 Å². The van der Waals surface area contributed by atoms with Crippen molar-refractivity contribution < 1.29 is 22.8 Å². The summed E-state index contributed by atoms with van der Waals surface area (Å²) in [5.41, 5.74) is -1.10. The van der Waals surface area contributed by atoms with Crippen molar-refractivity contribution in [3.05, 3.63) is 24.3 Å². The summed E-state index contributed by atoms with van der Waals surface area (Å²) in [6.45, 7) is 15.4. The molecule has 0 unspecified atom stereocenters. The molecule has 1 saturated heterocycles. The van der Waals surface area contributed by atoms with E-state index in [0.717, 1.165) is 0 Å². The maximum atomic E-state index is 13.6. The number of hydrogen-bond acceptors (Lipinski definition) is 5. The fraction of sp³-hybridized carbons (Fsp3) is 0.654. The zero-order valence-electron chi connectivity index (χ0n) is 22.8. The Morgan fingerprint density at radius 2 is 1.67 bits per heavy atom. The molecule has 36 heavy (non-hydrogen) atoms. The normalized spacial score (nSPS) is 17.7. The Kier molecular flexibility index (Phi) is 9.34. The Morgan fingerprint density at radius 3 is 2.22 bits per heavy atom. The number of amides is 3. The summed E-state index contributed by atoms with van der Waals surface area (Å²) in [6.07, 6.45) is 1.08. The summed E-state index contributed by atoms with van der Waals surface area (Å²) in [6, 6.07) is 4.62. The van der Waals surface area contributed by atoms with Crippen LogP contribution in [0.4, 0.5) is 5.69 Å². The number of likely N-dealkylation sites (tertiary alicyclic amines) is 1. The molecule has 0 radical (unpaired) electrons. The standard InChI is InChI=1S/C26H42N4O5S/c1-17(2)16-27-36(34,35)20-14-10-9-12-18(20)28-22(31)19-13-11-15-30(19)23(32)21(25(3,4)5)29-24(33)26(6,7)8/h9-10,12,14,17,19,21,27H,11,13,15-16H2,1-8H3,(H,28,31)(H,29,33)/t19-,21+/m0/s1. The van der Waals surface area contributed by atoms with Gasteiger partial charge in [-0.05, 0) is 36.3 Å². The summed E-state index contributed by atoms with van der Waals surface area (Å²) in [5, 5.41) is 5.62. The molecule has 3 amide bonds. The van der Waals surface area contributed by atoms with Crippen LogP contribution in [0, 0.1) is 16.7 Å². The quantitative estimate of drug-likeness (QED) is 0.484. The minimum Gasteiger partial charge on any atom is -0.343 e. The number of sulfonamides is 1. The van der Waals surface area contributed by atoms with Gasteiger partial charge in [0, 0.05) is 18.5 Å². The number of nitrogens with zero attached hydrogens (tertiary/aromatic N) is 1. The average Bonchev–Trinajstić information content (AvgIpc) is 3.24. The number of hydrogen-bond donors (Lipinski definition) is 3. The van der Waals surface area contributed by atoms with Crippen molar-refractivity contribution in [3.8, 4) is 0 Å². The molecule has 1 aliphatic rings. The van der Waals surface area contributed by atoms with Crippen LogP contribution in [0.3, 0.4) is 0 Å². The molecule has 1 fully saturated rings. The number of carbonyl (C=O) groups excluding carboxylic acids is 3. The molecule has 1 aromatic rings. The van der Waals surface area contributed by atoms with Crippen LogP contribution in [-0.2, 0) is 24.4 Å². The second-order valence-corrected chi connectivity index (χ2v) is 13.7. The van der Waals surface area contributed by atoms with Gasteiger partial charge in [0.15, 0.2) is 0 Å². The van der Waals surface area contributed by atoms with E-state index in [4.69, 9.17) is 0 Å². The van der Waals surface area contributed by atoms with Gasteiger partial charge in [-0.25, -0.2) is 13.1 Å². The lowest BCUT2D eigenvalue weighted by molar-refractivity contribution is -0.144. The van der Waals surface area contributed by atoms with E-state index in [0.29, 0.717) is 19.4 Å². The Labute approximate surface area is 215 Å². The van der Waals surface area contributed by atoms with Crippen LogP contribution < -0.4 is 15.4 Å². The van der Waals surface area contributed by atoms with E-state index < -0.39 is 38.8 Å². The molecule has 0 bridgehead atoms. The summed E-state index contributed by atoms with van der Waals surface area (Å²) in [4.78, 5) is 41.1. The van der Waals surface area contributed by atoms with Gasteiger partial charge < -0.3 is 15.5 Å². The van der Waals surface area contributed by atoms with E-state index in [-0.39, 0.29) is 34.9 Å². The SMILES string of the molecule is CC(C)CNS(=O)(=O)c1ccccc1NC(=O)[C@@H]1CCCN1C(=O)[C@@H](NC(=O)C(C)(C)C)C(C)(C)C. The largest absolute Gasteiger partial charge is 0.343 e. The first-order chi connectivity index (χ1) is 16.4. The summed E-state index contributed by atoms with van der Waals surface area (Å²) in [5.74, 6) is -0.905. The first-order valence-electron chi connectivity index (χ1n) is 12.5. The monoisotopic (exact) mass is 522 g/mol. The molecule has 0 saturated carbocycles. The van der Waals surface area contributed by atoms with Crippen molar-refractivity contribution >= 4 is 33.4 Å². The van der Waals surface area contributed by atoms with Crippen LogP contribution in [0.25, 0.3) is 0 Å². The van der Waals surface area contributed by atoms with Crippen LogP contribution in [-0.4, -0.2) is 56.2 Å². The molecule has 202 valence electrons. The van der Waals surface area contributed by atoms with Gasteiger partial charge in [0.05, 0.1) is 5.69 Å². The van der Waals surface area contributed by atoms with Crippen LogP contribution in [0.5, 0.6) is 0 Å². The minimum atomic E-state index is -3.84. The summed E-state index contributed by atoms with van der Waals surface area (Å²) >= 11 is 0. The van der Waals surface area contributed by atoms with Crippen LogP contribution in [0.2, 0.25) is 0 Å². The molecule has 2 rings (SSSR count). The second-order valence-electron chi connectivity index (χ2n) is 11.9. The Bertz CT molecular complexity index is 1070. The third-order valence-electron chi connectivity index (χ3n) is 6.02. The number of anilines is 1. The lowest BCUT2D eigenvalue weighted by Gasteiger charge is -2.36. The number of benzene rings is 1. The van der Waals surface area contributed by atoms with Gasteiger partial charge >= 0.3 is 0 Å². The molecule has 0 spiro atoms. The summed E-state index contributed by atoms with van der Waals surface area (Å²) < 4.78 is 28.3. The van der Waals surface area contributed by atoms with Gasteiger partial charge in [0.2, 0.25) is 27.7 Å². The molecule has 1 heterocycles. The molecule has 1 aliphatic heterocycles. The highest BCUT2D eigenvalue weighted by Gasteiger charge is 2.43. The van der Waals surface area contributed by atoms with Crippen molar-refractivity contribution in [2.24, 2.45) is 16.7 Å². The maximum Gasteiger partial charge on any atom is 0.247 e. The second kappa shape index (κ2) is 11.3. The predicted octanol–water partition coefficient (Wildman–Crippen LogP) is 3.13. The molecule has 3 N–H and O–H groups in total. The molecule has 1 aromatic carbocycles. The molecule has 2 atom stereocenters. The van der Waals surface area contributed by atoms with Crippen molar-refractivity contribution in [1.82, 2.24) is 14.9 Å². The van der Waals surface area contributed by atoms with Gasteiger partial charge in [-0.2, -0.15) is 0 Å². The average molecular weight is 523 g/mol. The predicted molar refractivity (Wildman–Crippen MR) is 141 cm³/mol. The minimum absolute atomic E-state index is 0.0279. The molecular formula is C26H42N4O5S. The summed E-state index contributed by atoms with van der Waals surface area (Å²) in [7, 11) is -3.84. The highest BCUT2D eigenvalue weighted by atomic mass is 32.2. The van der Waals surface area contributed by atoms with Gasteiger partial charge in [-0.3, -0.25) is 14.4 Å². The molecule has 0 aliphatic carbocycles. The van der Waals surface area contributed by atoms with Crippen LogP contribution in [0.15, 0.2) is 29.2 Å². The third kappa shape index (κ3) is 7.52. The van der Waals surface area contributed by atoms with Crippen molar-refractivity contribution in [2.75, 3.05) is 18.4 Å². The van der Waals surface area contributed by atoms with Gasteiger partial charge in [-0.1, -0.05) is 67.5 Å². The van der Waals surface area contributed by atoms with Crippen LogP contribution >= 0.6 is 0 Å². The van der Waals surface area contributed by atoms with Gasteiger partial charge in [0.1, 0.15) is 17.0 Å². The smallest absolute Gasteiger partial charge is 0.247 e. The van der Waals surface area contributed by atoms with Crippen molar-refractivity contribution in [3.63, 3.8) is 0 Å². The number of nitrogens with one attached hydrogen (secondary N) is 3. The van der Waals surface area contributed by atoms with E-state index in [1.165, 1.54) is 17.0 Å². The fourth-order valence-electron chi connectivity index (χ4n) is 3.84. The molecule has 0 aromatic heterocycles. The number of rotatable bonds is 8. The molecule has 9 nitrogen and oxygen atoms in total. The first kappa shape index (κ1) is 29.8. The zero-order valence-corrected chi connectivity index (χ0v) is 23.6. The highest BCUT2D eigenvalue weighted by molar-refractivity contribution is 7.89. The van der Waals surface area contributed by atoms with Crippen molar-refractivity contribution in [1.29, 1.82) is 0 Å². The fourth-order valence-corrected chi connectivity index (χ4v) is 5.21. The van der Waals surface area contributed by atoms with E-state index in [1.807, 2.05) is 34.6 Å². The maximum absolute atomic E-state index is 13.6. The number of carbonyl (C=O) groups is 3. The van der Waals surface area contributed by atoms with E-state index >= 15 is 0 Å². The van der Waals surface area contributed by atoms with Crippen LogP contribution in [0.1, 0.15) is 68.2 Å². The Balaban J connectivity index is 2.27. The van der Waals surface area contributed by atoms with Crippen molar-refractivity contribution in [2.45, 2.75) is 85.2 Å². The topological polar surface area (TPSA) is 125 Å². The molecule has 10 heteroatoms. The van der Waals surface area contributed by atoms with E-state index in [2.05, 4.69) is 15.4 Å². The Morgan fingerprint density at radius 1 is 1.06 bits per heavy atom. The lowest BCUT2D eigenvalue weighted by Crippen LogP contribution is -2.58. The third-order valence-corrected chi connectivity index (χ3v) is 7.51. The zero-order chi connectivity index (χ0) is 27.5. The van der Waals surface area contributed by atoms with E-state index in [1.54, 1.807) is 32.9 Å². The van der Waals surface area contributed by atoms with Gasteiger partial charge in [-0.15, -0.1) is 0 Å². The number of para-hydroxylation sites is 1. The highest BCUT2D eigenvalue weighted by Crippen LogP contribution is 2.28. The van der Waals surface area contributed by atoms with E-state index in [9.17, 15) is 22.8 Å². The lowest BCUT2D eigenvalue weighted by atomic mass is 9.84. The Hall–Kier alpha value is -2.46. The first-order valence-corrected chi connectivity index (χ1v) is 13.9. The molecular weight excluding hydrogens is 480 g/mol.